The minimum atomic E-state index is -0.248. The van der Waals surface area contributed by atoms with E-state index < -0.39 is 0 Å². The van der Waals surface area contributed by atoms with Gasteiger partial charge in [0.25, 0.3) is 5.91 Å². The zero-order valence-corrected chi connectivity index (χ0v) is 17.5. The van der Waals surface area contributed by atoms with Gasteiger partial charge in [0.1, 0.15) is 6.33 Å². The number of benzene rings is 2. The van der Waals surface area contributed by atoms with Crippen LogP contribution in [0.3, 0.4) is 0 Å². The third kappa shape index (κ3) is 3.85. The Morgan fingerprint density at radius 1 is 0.938 bits per heavy atom. The number of para-hydroxylation sites is 3. The first kappa shape index (κ1) is 19.9. The lowest BCUT2D eigenvalue weighted by Gasteiger charge is -2.32. The summed E-state index contributed by atoms with van der Waals surface area (Å²) in [6.07, 6.45) is 4.90. The van der Waals surface area contributed by atoms with Gasteiger partial charge in [0, 0.05) is 25.0 Å². The number of imidazole rings is 1. The van der Waals surface area contributed by atoms with Crippen LogP contribution in [0.4, 0.5) is 5.69 Å². The summed E-state index contributed by atoms with van der Waals surface area (Å²) in [4.78, 5) is 37.0. The van der Waals surface area contributed by atoms with Gasteiger partial charge in [-0.15, -0.1) is 0 Å². The van der Waals surface area contributed by atoms with E-state index in [9.17, 15) is 9.59 Å². The third-order valence-electron chi connectivity index (χ3n) is 5.82. The van der Waals surface area contributed by atoms with Crippen LogP contribution in [0.5, 0.6) is 0 Å². The number of hydrogen-bond donors (Lipinski definition) is 1. The molecule has 0 saturated carbocycles. The van der Waals surface area contributed by atoms with E-state index in [2.05, 4.69) is 15.3 Å². The summed E-state index contributed by atoms with van der Waals surface area (Å²) in [5.74, 6) is 0.118. The summed E-state index contributed by atoms with van der Waals surface area (Å²) in [7, 11) is 0. The Morgan fingerprint density at radius 3 is 2.62 bits per heavy atom. The first-order chi connectivity index (χ1) is 15.7. The van der Waals surface area contributed by atoms with Crippen molar-refractivity contribution in [1.29, 1.82) is 0 Å². The summed E-state index contributed by atoms with van der Waals surface area (Å²) in [5, 5.41) is 2.96. The number of carbonyl (C=O) groups is 2. The van der Waals surface area contributed by atoms with Crippen LogP contribution < -0.4 is 5.32 Å². The highest BCUT2D eigenvalue weighted by Gasteiger charge is 2.30. The lowest BCUT2D eigenvalue weighted by Crippen LogP contribution is -2.44. The second-order valence-electron chi connectivity index (χ2n) is 7.92. The molecule has 4 aromatic rings. The van der Waals surface area contributed by atoms with Gasteiger partial charge < -0.3 is 10.2 Å². The molecule has 1 N–H and O–H groups in total. The number of fused-ring (bicyclic) bond motifs is 1. The van der Waals surface area contributed by atoms with Crippen molar-refractivity contribution in [2.45, 2.75) is 12.8 Å². The van der Waals surface area contributed by atoms with Gasteiger partial charge in [-0.05, 0) is 49.2 Å². The van der Waals surface area contributed by atoms with Crippen LogP contribution in [0.15, 0.2) is 79.3 Å². The van der Waals surface area contributed by atoms with E-state index in [0.29, 0.717) is 24.5 Å². The first-order valence-electron chi connectivity index (χ1n) is 10.7. The number of anilines is 1. The van der Waals surface area contributed by atoms with Crippen LogP contribution in [0.1, 0.15) is 23.2 Å². The van der Waals surface area contributed by atoms with E-state index in [0.717, 1.165) is 29.6 Å². The number of amides is 2. The Kier molecular flexibility index (Phi) is 5.37. The van der Waals surface area contributed by atoms with Crippen LogP contribution in [0.25, 0.3) is 16.9 Å². The number of pyridine rings is 1. The molecule has 32 heavy (non-hydrogen) atoms. The Hall–Kier alpha value is -4.00. The number of nitrogens with one attached hydrogen (secondary N) is 1. The molecule has 1 aliphatic heterocycles. The third-order valence-corrected chi connectivity index (χ3v) is 5.82. The van der Waals surface area contributed by atoms with Gasteiger partial charge in [-0.3, -0.25) is 14.2 Å². The van der Waals surface area contributed by atoms with Gasteiger partial charge in [0.05, 0.1) is 22.5 Å². The fraction of sp³-hybridized carbons (Fsp3) is 0.200. The first-order valence-corrected chi connectivity index (χ1v) is 10.7. The highest BCUT2D eigenvalue weighted by atomic mass is 16.2. The molecule has 3 heterocycles. The van der Waals surface area contributed by atoms with Crippen molar-refractivity contribution in [3.05, 3.63) is 84.8 Å². The maximum Gasteiger partial charge on any atom is 0.257 e. The minimum Gasteiger partial charge on any atom is -0.338 e. The van der Waals surface area contributed by atoms with Gasteiger partial charge in [0.2, 0.25) is 5.91 Å². The quantitative estimate of drug-likeness (QED) is 0.538. The van der Waals surface area contributed by atoms with E-state index in [4.69, 9.17) is 0 Å². The molecule has 2 amide bonds. The van der Waals surface area contributed by atoms with Crippen molar-refractivity contribution in [3.63, 3.8) is 0 Å². The number of nitrogens with zero attached hydrogens (tertiary/aromatic N) is 4. The van der Waals surface area contributed by atoms with Gasteiger partial charge in [0.15, 0.2) is 5.82 Å². The standard InChI is InChI=1S/C25H23N5O2/c31-24(28-19-9-2-1-3-10-19)18-8-7-15-29(16-18)25(32)20-11-6-14-26-23(20)30-17-27-21-12-4-5-13-22(21)30/h1-6,9-14,17-18H,7-8,15-16H2,(H,28,31)/t18-/m1/s1. The molecule has 1 fully saturated rings. The van der Waals surface area contributed by atoms with E-state index in [-0.39, 0.29) is 17.7 Å². The zero-order chi connectivity index (χ0) is 21.9. The molecule has 5 rings (SSSR count). The SMILES string of the molecule is O=C(Nc1ccccc1)[C@@H]1CCCN(C(=O)c2cccnc2-n2cnc3ccccc32)C1. The molecule has 1 saturated heterocycles. The Balaban J connectivity index is 1.38. The lowest BCUT2D eigenvalue weighted by atomic mass is 9.96. The fourth-order valence-electron chi connectivity index (χ4n) is 4.20. The Morgan fingerprint density at radius 2 is 1.75 bits per heavy atom. The highest BCUT2D eigenvalue weighted by Crippen LogP contribution is 2.24. The highest BCUT2D eigenvalue weighted by molar-refractivity contribution is 5.99. The molecular weight excluding hydrogens is 402 g/mol. The van der Waals surface area contributed by atoms with Crippen LogP contribution in [-0.4, -0.2) is 44.3 Å². The van der Waals surface area contributed by atoms with Crippen LogP contribution in [0.2, 0.25) is 0 Å². The zero-order valence-electron chi connectivity index (χ0n) is 17.5. The fourth-order valence-corrected chi connectivity index (χ4v) is 4.20. The summed E-state index contributed by atoms with van der Waals surface area (Å²) >= 11 is 0. The second kappa shape index (κ2) is 8.63. The van der Waals surface area contributed by atoms with Gasteiger partial charge in [-0.25, -0.2) is 9.97 Å². The molecule has 7 heteroatoms. The number of hydrogen-bond acceptors (Lipinski definition) is 4. The Bertz CT molecular complexity index is 1270. The van der Waals surface area contributed by atoms with Crippen molar-refractivity contribution in [1.82, 2.24) is 19.4 Å². The number of aromatic nitrogens is 3. The summed E-state index contributed by atoms with van der Waals surface area (Å²) in [6, 6.07) is 20.7. The van der Waals surface area contributed by atoms with Crippen molar-refractivity contribution >= 4 is 28.5 Å². The molecule has 1 atom stereocenters. The number of carbonyl (C=O) groups excluding carboxylic acids is 2. The van der Waals surface area contributed by atoms with E-state index in [1.54, 1.807) is 29.6 Å². The smallest absolute Gasteiger partial charge is 0.257 e. The molecule has 0 bridgehead atoms. The van der Waals surface area contributed by atoms with Crippen molar-refractivity contribution in [3.8, 4) is 5.82 Å². The molecule has 0 unspecified atom stereocenters. The van der Waals surface area contributed by atoms with Crippen LogP contribution >= 0.6 is 0 Å². The van der Waals surface area contributed by atoms with Crippen molar-refractivity contribution in [2.75, 3.05) is 18.4 Å². The van der Waals surface area contributed by atoms with Gasteiger partial charge >= 0.3 is 0 Å². The summed E-state index contributed by atoms with van der Waals surface area (Å²) in [5.41, 5.74) is 2.99. The molecular formula is C25H23N5O2. The van der Waals surface area contributed by atoms with E-state index in [1.807, 2.05) is 59.2 Å². The average Bonchev–Trinajstić information content (AvgIpc) is 3.28. The molecule has 2 aromatic heterocycles. The van der Waals surface area contributed by atoms with Crippen molar-refractivity contribution < 1.29 is 9.59 Å². The van der Waals surface area contributed by atoms with E-state index in [1.165, 1.54) is 0 Å². The van der Waals surface area contributed by atoms with E-state index >= 15 is 0 Å². The second-order valence-corrected chi connectivity index (χ2v) is 7.92. The molecule has 7 nitrogen and oxygen atoms in total. The van der Waals surface area contributed by atoms with Crippen LogP contribution in [0, 0.1) is 5.92 Å². The topological polar surface area (TPSA) is 80.1 Å². The molecule has 0 spiro atoms. The average molecular weight is 425 g/mol. The molecule has 160 valence electrons. The summed E-state index contributed by atoms with van der Waals surface area (Å²) < 4.78 is 1.84. The normalized spacial score (nSPS) is 16.1. The van der Waals surface area contributed by atoms with Crippen molar-refractivity contribution in [2.24, 2.45) is 5.92 Å². The minimum absolute atomic E-state index is 0.0549. The number of likely N-dealkylation sites (tertiary alicyclic amines) is 1. The monoisotopic (exact) mass is 425 g/mol. The summed E-state index contributed by atoms with van der Waals surface area (Å²) in [6.45, 7) is 1.00. The lowest BCUT2D eigenvalue weighted by molar-refractivity contribution is -0.121. The predicted octanol–water partition coefficient (Wildman–Crippen LogP) is 3.91. The van der Waals surface area contributed by atoms with Gasteiger partial charge in [-0.2, -0.15) is 0 Å². The van der Waals surface area contributed by atoms with Gasteiger partial charge in [-0.1, -0.05) is 30.3 Å². The maximum absolute atomic E-state index is 13.5. The van der Waals surface area contributed by atoms with Crippen LogP contribution in [-0.2, 0) is 4.79 Å². The largest absolute Gasteiger partial charge is 0.338 e. The molecule has 0 aliphatic carbocycles. The number of rotatable bonds is 4. The Labute approximate surface area is 185 Å². The number of piperidine rings is 1. The maximum atomic E-state index is 13.5. The molecule has 2 aromatic carbocycles. The molecule has 1 aliphatic rings. The predicted molar refractivity (Wildman–Crippen MR) is 123 cm³/mol. The molecule has 0 radical (unpaired) electrons.